The second kappa shape index (κ2) is 12.0. The third kappa shape index (κ3) is 7.53. The molecule has 1 aromatic carbocycles. The number of amides is 1. The summed E-state index contributed by atoms with van der Waals surface area (Å²) in [5.74, 6) is 2.22. The van der Waals surface area contributed by atoms with E-state index in [2.05, 4.69) is 5.32 Å². The molecule has 1 aromatic rings. The lowest BCUT2D eigenvalue weighted by Crippen LogP contribution is -2.45. The van der Waals surface area contributed by atoms with Crippen molar-refractivity contribution in [1.29, 1.82) is 0 Å². The van der Waals surface area contributed by atoms with Crippen molar-refractivity contribution in [2.24, 2.45) is 11.7 Å². The molecule has 25 heavy (non-hydrogen) atoms. The molecule has 0 bridgehead atoms. The number of halogens is 1. The van der Waals surface area contributed by atoms with Gasteiger partial charge in [0, 0.05) is 19.0 Å². The Kier molecular flexibility index (Phi) is 10.3. The Bertz CT molecular complexity index is 490. The summed E-state index contributed by atoms with van der Waals surface area (Å²) in [7, 11) is 1.64. The zero-order valence-electron chi connectivity index (χ0n) is 15.0. The highest BCUT2D eigenvalue weighted by atomic mass is 35.5. The van der Waals surface area contributed by atoms with Gasteiger partial charge in [-0.15, -0.1) is 12.4 Å². The standard InChI is InChI=1S/C19H30N2O3.ClH/c1-23-16-9-11-17(12-10-16)24-13-5-8-19(22)21-18(14-20)15-6-3-2-4-7-15;/h9-12,15,18H,2-8,13-14,20H2,1H3,(H,21,22);1H. The normalized spacial score (nSPS) is 15.8. The first-order valence-corrected chi connectivity index (χ1v) is 8.99. The summed E-state index contributed by atoms with van der Waals surface area (Å²) in [4.78, 5) is 12.1. The van der Waals surface area contributed by atoms with Crippen molar-refractivity contribution in [3.05, 3.63) is 24.3 Å². The number of benzene rings is 1. The van der Waals surface area contributed by atoms with Crippen LogP contribution in [0.3, 0.4) is 0 Å². The van der Waals surface area contributed by atoms with Crippen molar-refractivity contribution in [3.8, 4) is 11.5 Å². The molecule has 0 heterocycles. The summed E-state index contributed by atoms with van der Waals surface area (Å²) in [6.45, 7) is 1.05. The highest BCUT2D eigenvalue weighted by molar-refractivity contribution is 5.85. The molecule has 6 heteroatoms. The van der Waals surface area contributed by atoms with Crippen molar-refractivity contribution in [2.45, 2.75) is 51.0 Å². The van der Waals surface area contributed by atoms with E-state index in [1.165, 1.54) is 32.1 Å². The van der Waals surface area contributed by atoms with Gasteiger partial charge in [0.15, 0.2) is 0 Å². The number of methoxy groups -OCH3 is 1. The number of hydrogen-bond acceptors (Lipinski definition) is 4. The molecule has 0 aromatic heterocycles. The zero-order chi connectivity index (χ0) is 17.2. The molecule has 1 atom stereocenters. The highest BCUT2D eigenvalue weighted by Crippen LogP contribution is 2.26. The molecular formula is C19H31ClN2O3. The Morgan fingerprint density at radius 3 is 2.44 bits per heavy atom. The number of rotatable bonds is 9. The maximum atomic E-state index is 12.1. The second-order valence-corrected chi connectivity index (χ2v) is 6.44. The number of carbonyl (C=O) groups is 1. The fraction of sp³-hybridized carbons (Fsp3) is 0.632. The molecule has 2 rings (SSSR count). The third-order valence-corrected chi connectivity index (χ3v) is 4.70. The maximum absolute atomic E-state index is 12.1. The molecule has 5 nitrogen and oxygen atoms in total. The van der Waals surface area contributed by atoms with Crippen LogP contribution in [0.1, 0.15) is 44.9 Å². The van der Waals surface area contributed by atoms with Gasteiger partial charge < -0.3 is 20.5 Å². The lowest BCUT2D eigenvalue weighted by molar-refractivity contribution is -0.122. The minimum absolute atomic E-state index is 0. The first-order chi connectivity index (χ1) is 11.7. The molecule has 1 fully saturated rings. The van der Waals surface area contributed by atoms with Crippen molar-refractivity contribution >= 4 is 18.3 Å². The minimum Gasteiger partial charge on any atom is -0.497 e. The molecule has 0 aliphatic heterocycles. The summed E-state index contributed by atoms with van der Waals surface area (Å²) < 4.78 is 10.7. The van der Waals surface area contributed by atoms with Crippen LogP contribution in [-0.4, -0.2) is 32.2 Å². The van der Waals surface area contributed by atoms with Gasteiger partial charge in [0.2, 0.25) is 5.91 Å². The van der Waals surface area contributed by atoms with Crippen LogP contribution >= 0.6 is 12.4 Å². The van der Waals surface area contributed by atoms with Crippen LogP contribution < -0.4 is 20.5 Å². The van der Waals surface area contributed by atoms with Crippen LogP contribution in [0.15, 0.2) is 24.3 Å². The Hall–Kier alpha value is -1.46. The number of hydrogen-bond donors (Lipinski definition) is 2. The molecule has 1 amide bonds. The molecule has 1 saturated carbocycles. The van der Waals surface area contributed by atoms with Gasteiger partial charge in [0.05, 0.1) is 13.7 Å². The van der Waals surface area contributed by atoms with Crippen LogP contribution in [0.4, 0.5) is 0 Å². The minimum atomic E-state index is 0. The van der Waals surface area contributed by atoms with Gasteiger partial charge in [0.25, 0.3) is 0 Å². The topological polar surface area (TPSA) is 73.6 Å². The molecule has 1 aliphatic rings. The Morgan fingerprint density at radius 1 is 1.20 bits per heavy atom. The zero-order valence-corrected chi connectivity index (χ0v) is 15.9. The van der Waals surface area contributed by atoms with E-state index in [1.807, 2.05) is 24.3 Å². The number of ether oxygens (including phenoxy) is 2. The molecule has 0 saturated heterocycles. The fourth-order valence-corrected chi connectivity index (χ4v) is 3.28. The van der Waals surface area contributed by atoms with E-state index in [-0.39, 0.29) is 24.4 Å². The SMILES string of the molecule is COc1ccc(OCCCC(=O)NC(CN)C2CCCCC2)cc1.Cl. The average molecular weight is 371 g/mol. The van der Waals surface area contributed by atoms with Gasteiger partial charge >= 0.3 is 0 Å². The quantitative estimate of drug-likeness (QED) is 0.654. The molecule has 3 N–H and O–H groups in total. The van der Waals surface area contributed by atoms with Gasteiger partial charge in [-0.05, 0) is 49.4 Å². The Balaban J connectivity index is 0.00000312. The monoisotopic (exact) mass is 370 g/mol. The molecule has 0 radical (unpaired) electrons. The van der Waals surface area contributed by atoms with Crippen molar-refractivity contribution < 1.29 is 14.3 Å². The molecular weight excluding hydrogens is 340 g/mol. The summed E-state index contributed by atoms with van der Waals surface area (Å²) in [5, 5.41) is 3.11. The lowest BCUT2D eigenvalue weighted by atomic mass is 9.84. The third-order valence-electron chi connectivity index (χ3n) is 4.70. The second-order valence-electron chi connectivity index (χ2n) is 6.44. The van der Waals surface area contributed by atoms with Gasteiger partial charge in [-0.1, -0.05) is 19.3 Å². The summed E-state index contributed by atoms with van der Waals surface area (Å²) >= 11 is 0. The van der Waals surface area contributed by atoms with Crippen LogP contribution in [0.5, 0.6) is 11.5 Å². The Morgan fingerprint density at radius 2 is 1.84 bits per heavy atom. The van der Waals surface area contributed by atoms with Crippen molar-refractivity contribution in [3.63, 3.8) is 0 Å². The molecule has 1 unspecified atom stereocenters. The predicted molar refractivity (Wildman–Crippen MR) is 103 cm³/mol. The largest absolute Gasteiger partial charge is 0.497 e. The summed E-state index contributed by atoms with van der Waals surface area (Å²) in [6, 6.07) is 7.58. The first kappa shape index (κ1) is 21.6. The van der Waals surface area contributed by atoms with E-state index in [4.69, 9.17) is 15.2 Å². The fourth-order valence-electron chi connectivity index (χ4n) is 3.28. The van der Waals surface area contributed by atoms with Crippen LogP contribution in [0.2, 0.25) is 0 Å². The average Bonchev–Trinajstić information content (AvgIpc) is 2.64. The maximum Gasteiger partial charge on any atom is 0.220 e. The first-order valence-electron chi connectivity index (χ1n) is 8.99. The predicted octanol–water partition coefficient (Wildman–Crippen LogP) is 3.30. The molecule has 0 spiro atoms. The number of carbonyl (C=O) groups excluding carboxylic acids is 1. The molecule has 142 valence electrons. The van der Waals surface area contributed by atoms with E-state index >= 15 is 0 Å². The number of nitrogens with two attached hydrogens (primary N) is 1. The van der Waals surface area contributed by atoms with Crippen LogP contribution in [-0.2, 0) is 4.79 Å². The lowest BCUT2D eigenvalue weighted by Gasteiger charge is -2.30. The summed E-state index contributed by atoms with van der Waals surface area (Å²) in [6.07, 6.45) is 7.36. The Labute approximate surface area is 157 Å². The van der Waals surface area contributed by atoms with E-state index in [0.717, 1.165) is 11.5 Å². The van der Waals surface area contributed by atoms with E-state index in [9.17, 15) is 4.79 Å². The van der Waals surface area contributed by atoms with Gasteiger partial charge in [-0.2, -0.15) is 0 Å². The van der Waals surface area contributed by atoms with Crippen molar-refractivity contribution in [2.75, 3.05) is 20.3 Å². The van der Waals surface area contributed by atoms with E-state index in [0.29, 0.717) is 31.9 Å². The van der Waals surface area contributed by atoms with E-state index < -0.39 is 0 Å². The smallest absolute Gasteiger partial charge is 0.220 e. The van der Waals surface area contributed by atoms with Gasteiger partial charge in [0.1, 0.15) is 11.5 Å². The van der Waals surface area contributed by atoms with Crippen LogP contribution in [0.25, 0.3) is 0 Å². The van der Waals surface area contributed by atoms with E-state index in [1.54, 1.807) is 7.11 Å². The van der Waals surface area contributed by atoms with Crippen LogP contribution in [0, 0.1) is 5.92 Å². The van der Waals surface area contributed by atoms with Gasteiger partial charge in [-0.25, -0.2) is 0 Å². The number of nitrogens with one attached hydrogen (secondary N) is 1. The van der Waals surface area contributed by atoms with Crippen molar-refractivity contribution in [1.82, 2.24) is 5.32 Å². The van der Waals surface area contributed by atoms with Gasteiger partial charge in [-0.3, -0.25) is 4.79 Å². The highest BCUT2D eigenvalue weighted by Gasteiger charge is 2.23. The summed E-state index contributed by atoms with van der Waals surface area (Å²) in [5.41, 5.74) is 5.86. The molecule has 1 aliphatic carbocycles.